The SMILES string of the molecule is C1=CC23C=C(C=C(c4nc(-c5ccccc5)nc(-c5ccccc5)n4)C2)n2c4ccccc4c4ccc5c6ccccc6c6nc1c(n6c5c42)C3. The first-order valence-electron chi connectivity index (χ1n) is 17.5. The normalized spacial score (nSPS) is 17.5. The largest absolute Gasteiger partial charge is 0.307 e. The van der Waals surface area contributed by atoms with Gasteiger partial charge in [0.15, 0.2) is 17.5 Å². The lowest BCUT2D eigenvalue weighted by molar-refractivity contribution is 0.488. The highest BCUT2D eigenvalue weighted by Gasteiger charge is 2.38. The lowest BCUT2D eigenvalue weighted by Gasteiger charge is -2.34. The number of aromatic nitrogens is 6. The predicted molar refractivity (Wildman–Crippen MR) is 206 cm³/mol. The molecule has 1 unspecified atom stereocenters. The Balaban J connectivity index is 1.21. The maximum Gasteiger partial charge on any atom is 0.164 e. The second kappa shape index (κ2) is 9.73. The van der Waals surface area contributed by atoms with Crippen molar-refractivity contribution < 1.29 is 0 Å². The van der Waals surface area contributed by atoms with Crippen LogP contribution in [0, 0.1) is 5.41 Å². The van der Waals surface area contributed by atoms with E-state index >= 15 is 0 Å². The molecule has 4 aromatic heterocycles. The smallest absolute Gasteiger partial charge is 0.164 e. The van der Waals surface area contributed by atoms with Crippen molar-refractivity contribution in [1.82, 2.24) is 28.9 Å². The summed E-state index contributed by atoms with van der Waals surface area (Å²) in [6, 6.07) is 42.6. The highest BCUT2D eigenvalue weighted by molar-refractivity contribution is 6.24. The maximum atomic E-state index is 5.35. The second-order valence-electron chi connectivity index (χ2n) is 14.1. The Hall–Kier alpha value is -6.66. The molecule has 3 aliphatic rings. The summed E-state index contributed by atoms with van der Waals surface area (Å²) in [7, 11) is 0. The number of hydrogen-bond donors (Lipinski definition) is 0. The number of allylic oxidation sites excluding steroid dienone is 5. The molecule has 1 spiro atoms. The number of rotatable bonds is 3. The monoisotopic (exact) mass is 652 g/mol. The number of pyridine rings is 1. The molecule has 2 aliphatic carbocycles. The number of benzene rings is 5. The summed E-state index contributed by atoms with van der Waals surface area (Å²) in [5.74, 6) is 2.05. The van der Waals surface area contributed by atoms with E-state index < -0.39 is 0 Å². The van der Waals surface area contributed by atoms with Gasteiger partial charge >= 0.3 is 0 Å². The third kappa shape index (κ3) is 3.71. The summed E-state index contributed by atoms with van der Waals surface area (Å²) in [5, 5.41) is 6.09. The zero-order chi connectivity index (χ0) is 33.3. The third-order valence-corrected chi connectivity index (χ3v) is 11.1. The van der Waals surface area contributed by atoms with Gasteiger partial charge in [-0.1, -0.05) is 121 Å². The van der Waals surface area contributed by atoms with Crippen LogP contribution in [0.3, 0.4) is 0 Å². The Labute approximate surface area is 292 Å². The molecule has 5 aromatic carbocycles. The lowest BCUT2D eigenvalue weighted by Crippen LogP contribution is -2.26. The van der Waals surface area contributed by atoms with Crippen molar-refractivity contribution in [1.29, 1.82) is 0 Å². The molecule has 6 heteroatoms. The average Bonchev–Trinajstić information content (AvgIpc) is 3.74. The molecule has 0 N–H and O–H groups in total. The Bertz CT molecular complexity index is 3010. The van der Waals surface area contributed by atoms with Gasteiger partial charge < -0.3 is 4.57 Å². The minimum atomic E-state index is -0.313. The van der Waals surface area contributed by atoms with Gasteiger partial charge in [-0.05, 0) is 36.1 Å². The fourth-order valence-electron chi connectivity index (χ4n) is 8.89. The van der Waals surface area contributed by atoms with E-state index in [2.05, 4.69) is 118 Å². The van der Waals surface area contributed by atoms with Crippen molar-refractivity contribution in [2.24, 2.45) is 5.41 Å². The third-order valence-electron chi connectivity index (χ3n) is 11.1. The van der Waals surface area contributed by atoms with Gasteiger partial charge in [0.2, 0.25) is 0 Å². The van der Waals surface area contributed by atoms with Crippen LogP contribution in [0.25, 0.3) is 89.3 Å². The molecule has 1 atom stereocenters. The highest BCUT2D eigenvalue weighted by atomic mass is 15.1. The van der Waals surface area contributed by atoms with E-state index in [1.54, 1.807) is 0 Å². The number of imidazole rings is 1. The van der Waals surface area contributed by atoms with Crippen molar-refractivity contribution >= 4 is 66.5 Å². The molecule has 0 fully saturated rings. The molecule has 9 aromatic rings. The Morgan fingerprint density at radius 1 is 0.529 bits per heavy atom. The Kier molecular flexibility index (Phi) is 5.19. The molecule has 1 aliphatic heterocycles. The van der Waals surface area contributed by atoms with E-state index in [1.807, 2.05) is 36.4 Å². The molecule has 0 radical (unpaired) electrons. The van der Waals surface area contributed by atoms with Gasteiger partial charge in [-0.15, -0.1) is 0 Å². The molecule has 51 heavy (non-hydrogen) atoms. The minimum Gasteiger partial charge on any atom is -0.307 e. The van der Waals surface area contributed by atoms with Crippen LogP contribution in [0.2, 0.25) is 0 Å². The van der Waals surface area contributed by atoms with E-state index in [0.717, 1.165) is 46.6 Å². The second-order valence-corrected chi connectivity index (χ2v) is 14.1. The van der Waals surface area contributed by atoms with Crippen molar-refractivity contribution in [2.45, 2.75) is 12.8 Å². The van der Waals surface area contributed by atoms with Crippen molar-refractivity contribution in [2.75, 3.05) is 0 Å². The molecule has 5 heterocycles. The predicted octanol–water partition coefficient (Wildman–Crippen LogP) is 10.2. The highest BCUT2D eigenvalue weighted by Crippen LogP contribution is 2.50. The summed E-state index contributed by atoms with van der Waals surface area (Å²) < 4.78 is 4.97. The zero-order valence-electron chi connectivity index (χ0n) is 27.5. The fourth-order valence-corrected chi connectivity index (χ4v) is 8.89. The molecular weight excluding hydrogens is 625 g/mol. The molecule has 0 saturated carbocycles. The van der Waals surface area contributed by atoms with Gasteiger partial charge in [-0.25, -0.2) is 19.9 Å². The maximum absolute atomic E-state index is 5.35. The van der Waals surface area contributed by atoms with Gasteiger partial charge in [0, 0.05) is 55.8 Å². The first kappa shape index (κ1) is 27.2. The number of para-hydroxylation sites is 1. The van der Waals surface area contributed by atoms with Crippen LogP contribution < -0.4 is 0 Å². The van der Waals surface area contributed by atoms with Crippen molar-refractivity contribution in [3.63, 3.8) is 0 Å². The zero-order valence-corrected chi connectivity index (χ0v) is 27.5. The number of fused-ring (bicyclic) bond motifs is 7. The molecule has 12 rings (SSSR count). The molecular formula is C45H28N6. The lowest BCUT2D eigenvalue weighted by atomic mass is 9.71. The molecule has 238 valence electrons. The quantitative estimate of drug-likeness (QED) is 0.178. The van der Waals surface area contributed by atoms with Crippen molar-refractivity contribution in [3.05, 3.63) is 157 Å². The molecule has 3 bridgehead atoms. The van der Waals surface area contributed by atoms with Gasteiger partial charge in [-0.3, -0.25) is 4.40 Å². The van der Waals surface area contributed by atoms with Crippen molar-refractivity contribution in [3.8, 4) is 22.8 Å². The van der Waals surface area contributed by atoms with E-state index in [1.165, 1.54) is 49.2 Å². The van der Waals surface area contributed by atoms with Gasteiger partial charge in [0.25, 0.3) is 0 Å². The average molecular weight is 653 g/mol. The first-order chi connectivity index (χ1) is 25.2. The Morgan fingerprint density at radius 2 is 1.16 bits per heavy atom. The van der Waals surface area contributed by atoms with E-state index in [0.29, 0.717) is 17.5 Å². The Morgan fingerprint density at radius 3 is 1.90 bits per heavy atom. The molecule has 0 saturated heterocycles. The van der Waals surface area contributed by atoms with E-state index in [9.17, 15) is 0 Å². The van der Waals surface area contributed by atoms with E-state index in [4.69, 9.17) is 19.9 Å². The van der Waals surface area contributed by atoms with Gasteiger partial charge in [0.05, 0.1) is 27.9 Å². The van der Waals surface area contributed by atoms with Crippen LogP contribution in [-0.2, 0) is 6.42 Å². The first-order valence-corrected chi connectivity index (χ1v) is 17.5. The van der Waals surface area contributed by atoms with Gasteiger partial charge in [0.1, 0.15) is 5.65 Å². The van der Waals surface area contributed by atoms with Crippen LogP contribution in [0.4, 0.5) is 0 Å². The topological polar surface area (TPSA) is 60.9 Å². The van der Waals surface area contributed by atoms with Crippen LogP contribution >= 0.6 is 0 Å². The summed E-state index contributed by atoms with van der Waals surface area (Å²) in [4.78, 5) is 20.8. The number of hydrogen-bond acceptors (Lipinski definition) is 4. The minimum absolute atomic E-state index is 0.313. The standard InChI is InChI=1S/C45H28N6/c1-3-11-27(12-4-1)41-47-42(28-13-5-2-6-14-28)49-43(48-41)29-23-30-25-45(24-29)22-21-36-38(26-45)51-40-33(31-15-7-8-17-35(31)44(51)46-36)19-20-34-32-16-9-10-18-37(32)50(30)39(34)40/h1-23,25H,24,26H2. The van der Waals surface area contributed by atoms with Crippen LogP contribution in [-0.4, -0.2) is 28.9 Å². The summed E-state index contributed by atoms with van der Waals surface area (Å²) in [6.45, 7) is 0. The fraction of sp³-hybridized carbons (Fsp3) is 0.0667. The summed E-state index contributed by atoms with van der Waals surface area (Å²) in [5.41, 5.74) is 10.7. The van der Waals surface area contributed by atoms with Crippen LogP contribution in [0.1, 0.15) is 23.6 Å². The summed E-state index contributed by atoms with van der Waals surface area (Å²) in [6.07, 6.45) is 11.0. The van der Waals surface area contributed by atoms with E-state index in [-0.39, 0.29) is 5.41 Å². The number of nitrogens with zero attached hydrogens (tertiary/aromatic N) is 6. The van der Waals surface area contributed by atoms with Gasteiger partial charge in [-0.2, -0.15) is 0 Å². The van der Waals surface area contributed by atoms with Crippen LogP contribution in [0.5, 0.6) is 0 Å². The molecule has 0 amide bonds. The van der Waals surface area contributed by atoms with Crippen LogP contribution in [0.15, 0.2) is 140 Å². The molecule has 6 nitrogen and oxygen atoms in total. The summed E-state index contributed by atoms with van der Waals surface area (Å²) >= 11 is 0.